The van der Waals surface area contributed by atoms with Crippen molar-refractivity contribution in [3.05, 3.63) is 40.3 Å². The molecule has 1 amide bonds. The summed E-state index contributed by atoms with van der Waals surface area (Å²) in [5.41, 5.74) is -0.474. The lowest BCUT2D eigenvalue weighted by Crippen LogP contribution is -2.51. The zero-order valence-electron chi connectivity index (χ0n) is 24.3. The van der Waals surface area contributed by atoms with Gasteiger partial charge < -0.3 is 19.1 Å². The number of nitrogens with zero attached hydrogens (tertiary/aromatic N) is 5. The molecule has 0 saturated carbocycles. The summed E-state index contributed by atoms with van der Waals surface area (Å²) < 4.78 is 32.4. The van der Waals surface area contributed by atoms with Gasteiger partial charge in [0.15, 0.2) is 11.6 Å². The molecule has 0 radical (unpaired) electrons. The molecule has 1 atom stereocenters. The van der Waals surface area contributed by atoms with Crippen molar-refractivity contribution in [2.24, 2.45) is 0 Å². The van der Waals surface area contributed by atoms with Gasteiger partial charge in [-0.1, -0.05) is 34.5 Å². The number of carbonyl (C=O) groups excluding carboxylic acids is 1. The molecule has 1 saturated heterocycles. The molecule has 13 heteroatoms. The van der Waals surface area contributed by atoms with E-state index in [0.29, 0.717) is 26.5 Å². The first-order valence-corrected chi connectivity index (χ1v) is 14.7. The summed E-state index contributed by atoms with van der Waals surface area (Å²) in [6.07, 6.45) is -0.534. The van der Waals surface area contributed by atoms with E-state index >= 15 is 4.39 Å². The quantitative estimate of drug-likeness (QED) is 0.252. The number of ether oxygens (including phenoxy) is 3. The molecular weight excluding hydrogens is 592 g/mol. The van der Waals surface area contributed by atoms with Gasteiger partial charge in [-0.05, 0) is 66.7 Å². The summed E-state index contributed by atoms with van der Waals surface area (Å²) in [7, 11) is 1.93. The molecule has 222 valence electrons. The van der Waals surface area contributed by atoms with Crippen LogP contribution >= 0.6 is 34.5 Å². The number of rotatable bonds is 7. The average Bonchev–Trinajstić information content (AvgIpc) is 3.46. The summed E-state index contributed by atoms with van der Waals surface area (Å²) in [6.45, 7) is 13.2. The maximum absolute atomic E-state index is 15.2. The number of halogens is 3. The first kappa shape index (κ1) is 31.2. The predicted octanol–water partition coefficient (Wildman–Crippen LogP) is 7.31. The van der Waals surface area contributed by atoms with E-state index in [0.717, 1.165) is 5.56 Å². The summed E-state index contributed by atoms with van der Waals surface area (Å²) in [4.78, 5) is 20.7. The fourth-order valence-electron chi connectivity index (χ4n) is 4.18. The third kappa shape index (κ3) is 7.20. The first-order chi connectivity index (χ1) is 19.1. The fraction of sp³-hybridized carbons (Fsp3) is 0.500. The van der Waals surface area contributed by atoms with Gasteiger partial charge in [0.2, 0.25) is 0 Å². The van der Waals surface area contributed by atoms with Crippen LogP contribution in [0, 0.1) is 5.82 Å². The largest absolute Gasteiger partial charge is 0.488 e. The van der Waals surface area contributed by atoms with Crippen molar-refractivity contribution in [2.45, 2.75) is 71.9 Å². The number of carbonyl (C=O) groups is 1. The highest BCUT2D eigenvalue weighted by molar-refractivity contribution is 7.18. The number of pyridine rings is 1. The number of amides is 1. The van der Waals surface area contributed by atoms with Gasteiger partial charge in [-0.3, -0.25) is 4.90 Å². The normalized spacial score (nSPS) is 16.8. The van der Waals surface area contributed by atoms with Crippen molar-refractivity contribution in [3.63, 3.8) is 0 Å². The molecule has 1 fully saturated rings. The third-order valence-corrected chi connectivity index (χ3v) is 7.95. The highest BCUT2D eigenvalue weighted by Crippen LogP contribution is 2.38. The van der Waals surface area contributed by atoms with E-state index in [-0.39, 0.29) is 30.0 Å². The average molecular weight is 627 g/mol. The smallest absolute Gasteiger partial charge is 0.413 e. The lowest BCUT2D eigenvalue weighted by Gasteiger charge is -2.35. The lowest BCUT2D eigenvalue weighted by molar-refractivity contribution is -0.0637. The zero-order valence-corrected chi connectivity index (χ0v) is 26.6. The minimum atomic E-state index is -0.907. The Hall–Kier alpha value is -2.73. The van der Waals surface area contributed by atoms with Crippen LogP contribution in [0.4, 0.5) is 15.0 Å². The third-order valence-electron chi connectivity index (χ3n) is 6.44. The van der Waals surface area contributed by atoms with Crippen LogP contribution in [0.3, 0.4) is 0 Å². The number of aromatic nitrogens is 3. The Morgan fingerprint density at radius 2 is 1.90 bits per heavy atom. The molecule has 0 N–H and O–H groups in total. The Kier molecular flexibility index (Phi) is 9.04. The monoisotopic (exact) mass is 625 g/mol. The molecule has 1 aliphatic rings. The van der Waals surface area contributed by atoms with Crippen LogP contribution in [-0.4, -0.2) is 69.8 Å². The number of benzene rings is 1. The van der Waals surface area contributed by atoms with Crippen LogP contribution in [0.1, 0.15) is 48.5 Å². The van der Waals surface area contributed by atoms with E-state index in [2.05, 4.69) is 29.0 Å². The molecule has 3 aromatic rings. The maximum Gasteiger partial charge on any atom is 0.413 e. The molecular formula is C28H34Cl2FN5O4S. The van der Waals surface area contributed by atoms with E-state index in [1.54, 1.807) is 40.7 Å². The van der Waals surface area contributed by atoms with Crippen LogP contribution in [0.15, 0.2) is 24.3 Å². The summed E-state index contributed by atoms with van der Waals surface area (Å²) in [6, 6.07) is 5.97. The van der Waals surface area contributed by atoms with Crippen molar-refractivity contribution in [3.8, 4) is 26.9 Å². The summed E-state index contributed by atoms with van der Waals surface area (Å²) >= 11 is 14.1. The minimum Gasteiger partial charge on any atom is -0.488 e. The van der Waals surface area contributed by atoms with Crippen LogP contribution in [0.2, 0.25) is 10.2 Å². The molecule has 4 rings (SSSR count). The minimum absolute atomic E-state index is 0.0197. The van der Waals surface area contributed by atoms with Crippen LogP contribution in [0.5, 0.6) is 5.75 Å². The molecule has 1 aromatic carbocycles. The van der Waals surface area contributed by atoms with Gasteiger partial charge in [-0.15, -0.1) is 10.2 Å². The van der Waals surface area contributed by atoms with Gasteiger partial charge in [-0.2, -0.15) is 0 Å². The van der Waals surface area contributed by atoms with Gasteiger partial charge >= 0.3 is 6.09 Å². The Balaban J connectivity index is 1.52. The highest BCUT2D eigenvalue weighted by atomic mass is 35.5. The second-order valence-corrected chi connectivity index (χ2v) is 13.3. The lowest BCUT2D eigenvalue weighted by atomic mass is 10.2. The van der Waals surface area contributed by atoms with Crippen molar-refractivity contribution in [1.29, 1.82) is 0 Å². The van der Waals surface area contributed by atoms with Crippen molar-refractivity contribution in [2.75, 3.05) is 25.2 Å². The Labute approximate surface area is 253 Å². The Morgan fingerprint density at radius 3 is 2.56 bits per heavy atom. The number of hydrogen-bond acceptors (Lipinski definition) is 9. The molecule has 0 aliphatic carbocycles. The predicted molar refractivity (Wildman–Crippen MR) is 159 cm³/mol. The molecule has 41 heavy (non-hydrogen) atoms. The zero-order chi connectivity index (χ0) is 30.3. The van der Waals surface area contributed by atoms with E-state index in [1.807, 2.05) is 18.0 Å². The molecule has 0 bridgehead atoms. The number of hydrogen-bond donors (Lipinski definition) is 0. The molecule has 2 aromatic heterocycles. The van der Waals surface area contributed by atoms with Gasteiger partial charge in [0.05, 0.1) is 17.7 Å². The van der Waals surface area contributed by atoms with Gasteiger partial charge in [0, 0.05) is 30.3 Å². The fourth-order valence-corrected chi connectivity index (χ4v) is 5.54. The Morgan fingerprint density at radius 1 is 1.22 bits per heavy atom. The topological polar surface area (TPSA) is 89.9 Å². The van der Waals surface area contributed by atoms with Crippen LogP contribution in [0.25, 0.3) is 21.1 Å². The Bertz CT molecular complexity index is 1430. The van der Waals surface area contributed by atoms with E-state index in [9.17, 15) is 4.79 Å². The standard InChI is InChI=1S/C28H34Cl2FN5O4S/c1-15(2)35(8)23-10-16(9-22(30)32-23)24-33-34-25(41-24)18-11-20(31)21(12-19(18)29)38-13-17-14-39-28(6,7)36(17)26(37)40-27(3,4)5/h9-12,15,17H,13-14H2,1-8H3/t17-/m1/s1. The molecule has 3 heterocycles. The second-order valence-electron chi connectivity index (χ2n) is 11.5. The molecule has 0 unspecified atom stereocenters. The SMILES string of the molecule is CC(C)N(C)c1cc(-c2nnc(-c3cc(F)c(OC[C@@H]4COC(C)(C)N4C(=O)OC(C)(C)C)cc3Cl)s2)cc(Cl)n1. The van der Waals surface area contributed by atoms with E-state index in [4.69, 9.17) is 37.4 Å². The van der Waals surface area contributed by atoms with Gasteiger partial charge in [0.25, 0.3) is 0 Å². The van der Waals surface area contributed by atoms with Crippen molar-refractivity contribution >= 4 is 46.4 Å². The van der Waals surface area contributed by atoms with E-state index < -0.39 is 29.3 Å². The molecule has 1 aliphatic heterocycles. The molecule has 9 nitrogen and oxygen atoms in total. The van der Waals surface area contributed by atoms with Gasteiger partial charge in [0.1, 0.15) is 38.9 Å². The number of anilines is 1. The van der Waals surface area contributed by atoms with Crippen LogP contribution < -0.4 is 9.64 Å². The second kappa shape index (κ2) is 11.9. The maximum atomic E-state index is 15.2. The van der Waals surface area contributed by atoms with Crippen LogP contribution in [-0.2, 0) is 9.47 Å². The van der Waals surface area contributed by atoms with Crippen molar-refractivity contribution < 1.29 is 23.4 Å². The summed E-state index contributed by atoms with van der Waals surface area (Å²) in [5.74, 6) is 0.0154. The van der Waals surface area contributed by atoms with E-state index in [1.165, 1.54) is 28.4 Å². The molecule has 0 spiro atoms. The summed E-state index contributed by atoms with van der Waals surface area (Å²) in [5, 5.41) is 10.1. The van der Waals surface area contributed by atoms with Gasteiger partial charge in [-0.25, -0.2) is 14.2 Å². The van der Waals surface area contributed by atoms with Crippen molar-refractivity contribution in [1.82, 2.24) is 20.1 Å². The first-order valence-electron chi connectivity index (χ1n) is 13.1. The highest BCUT2D eigenvalue weighted by Gasteiger charge is 2.46.